The highest BCUT2D eigenvalue weighted by molar-refractivity contribution is 7.22. The Morgan fingerprint density at radius 1 is 1.03 bits per heavy atom. The molecule has 0 aromatic carbocycles. The second-order valence-corrected chi connectivity index (χ2v) is 11.3. The number of nitrogens with zero attached hydrogens (tertiary/aromatic N) is 6. The second-order valence-electron chi connectivity index (χ2n) is 10.3. The molecule has 0 saturated carbocycles. The lowest BCUT2D eigenvalue weighted by atomic mass is 10.1. The normalized spacial score (nSPS) is 22.6. The molecule has 37 heavy (non-hydrogen) atoms. The summed E-state index contributed by atoms with van der Waals surface area (Å²) in [4.78, 5) is 34.3. The fourth-order valence-electron chi connectivity index (χ4n) is 5.22. The third kappa shape index (κ3) is 5.21. The van der Waals surface area contributed by atoms with Crippen LogP contribution in [0.4, 0.5) is 22.5 Å². The molecule has 2 N–H and O–H groups in total. The summed E-state index contributed by atoms with van der Waals surface area (Å²) in [5.74, 6) is 1.20. The lowest BCUT2D eigenvalue weighted by Crippen LogP contribution is -2.36. The van der Waals surface area contributed by atoms with E-state index in [2.05, 4.69) is 20.1 Å². The van der Waals surface area contributed by atoms with Gasteiger partial charge in [-0.25, -0.2) is 9.97 Å². The van der Waals surface area contributed by atoms with Crippen molar-refractivity contribution in [3.05, 3.63) is 30.0 Å². The van der Waals surface area contributed by atoms with E-state index in [4.69, 9.17) is 14.7 Å². The minimum atomic E-state index is -0.737. The maximum absolute atomic E-state index is 13.4. The molecule has 0 aliphatic carbocycles. The predicted octanol–water partition coefficient (Wildman–Crippen LogP) is 3.13. The van der Waals surface area contributed by atoms with Gasteiger partial charge >= 0.3 is 0 Å². The van der Waals surface area contributed by atoms with E-state index in [9.17, 15) is 9.90 Å². The van der Waals surface area contributed by atoms with Crippen LogP contribution in [0.2, 0.25) is 0 Å². The number of aromatic nitrogens is 3. The fourth-order valence-corrected chi connectivity index (χ4v) is 6.22. The van der Waals surface area contributed by atoms with Crippen LogP contribution in [0.1, 0.15) is 43.1 Å². The Morgan fingerprint density at radius 3 is 2.59 bits per heavy atom. The maximum atomic E-state index is 13.4. The molecule has 3 fully saturated rings. The van der Waals surface area contributed by atoms with Crippen LogP contribution >= 0.6 is 11.3 Å². The molecule has 6 heterocycles. The largest absolute Gasteiger partial charge is 0.388 e. The number of pyridine rings is 2. The van der Waals surface area contributed by atoms with Gasteiger partial charge in [0.05, 0.1) is 29.2 Å². The van der Waals surface area contributed by atoms with E-state index >= 15 is 0 Å². The Labute approximate surface area is 220 Å². The van der Waals surface area contributed by atoms with E-state index < -0.39 is 5.60 Å². The Morgan fingerprint density at radius 2 is 1.84 bits per heavy atom. The molecule has 6 rings (SSSR count). The Hall–Kier alpha value is -3.02. The average molecular weight is 524 g/mol. The number of hydrogen-bond acceptors (Lipinski definition) is 10. The van der Waals surface area contributed by atoms with Crippen molar-refractivity contribution >= 4 is 50.0 Å². The Bertz CT molecular complexity index is 1280. The van der Waals surface area contributed by atoms with Crippen molar-refractivity contribution in [2.45, 2.75) is 38.2 Å². The molecule has 1 atom stereocenters. The van der Waals surface area contributed by atoms with Gasteiger partial charge in [0.2, 0.25) is 0 Å². The van der Waals surface area contributed by atoms with Crippen LogP contribution in [-0.4, -0.2) is 84.0 Å². The molecule has 0 spiro atoms. The van der Waals surface area contributed by atoms with Crippen molar-refractivity contribution in [3.63, 3.8) is 0 Å². The van der Waals surface area contributed by atoms with Crippen molar-refractivity contribution in [1.82, 2.24) is 15.0 Å². The lowest BCUT2D eigenvalue weighted by Gasteiger charge is -2.29. The molecule has 0 unspecified atom stereocenters. The third-order valence-electron chi connectivity index (χ3n) is 7.28. The number of nitrogens with one attached hydrogen (secondary N) is 1. The lowest BCUT2D eigenvalue weighted by molar-refractivity contribution is 0.0839. The highest BCUT2D eigenvalue weighted by Gasteiger charge is 2.32. The van der Waals surface area contributed by atoms with E-state index in [1.54, 1.807) is 17.4 Å². The van der Waals surface area contributed by atoms with Gasteiger partial charge in [0.25, 0.3) is 5.91 Å². The Kier molecular flexibility index (Phi) is 6.60. The zero-order valence-corrected chi connectivity index (χ0v) is 22.0. The SMILES string of the molecule is C[C@@]1(O)CCN(c2cccc(C(=O)Nc3cc4sc(N5CCOCC5)nc4nc3N3CCCCC3)n2)C1. The summed E-state index contributed by atoms with van der Waals surface area (Å²) in [7, 11) is 0. The number of ether oxygens (including phenoxy) is 1. The molecular weight excluding hydrogens is 490 g/mol. The number of fused-ring (bicyclic) bond motifs is 1. The number of morpholine rings is 1. The smallest absolute Gasteiger partial charge is 0.274 e. The standard InChI is InChI=1S/C26H33N7O3S/c1-26(35)8-11-33(17-26)21-7-5-6-18(27-21)24(34)28-19-16-20-22(29-23(19)31-9-3-2-4-10-31)30-25(37-20)32-12-14-36-15-13-32/h5-7,16,35H,2-4,8-15,17H2,1H3,(H,28,34)/t26-/m1/s1. The van der Waals surface area contributed by atoms with Crippen LogP contribution < -0.4 is 20.0 Å². The summed E-state index contributed by atoms with van der Waals surface area (Å²) in [5, 5.41) is 14.4. The summed E-state index contributed by atoms with van der Waals surface area (Å²) < 4.78 is 6.44. The van der Waals surface area contributed by atoms with Crippen molar-refractivity contribution in [3.8, 4) is 0 Å². The number of amides is 1. The molecule has 3 aromatic heterocycles. The number of thiazole rings is 1. The molecule has 196 valence electrons. The first-order valence-electron chi connectivity index (χ1n) is 13.1. The van der Waals surface area contributed by atoms with E-state index in [-0.39, 0.29) is 5.91 Å². The minimum Gasteiger partial charge on any atom is -0.388 e. The van der Waals surface area contributed by atoms with Gasteiger partial charge in [-0.2, -0.15) is 4.98 Å². The number of carbonyl (C=O) groups excluding carboxylic acids is 1. The highest BCUT2D eigenvalue weighted by Crippen LogP contribution is 2.36. The molecule has 3 aliphatic heterocycles. The van der Waals surface area contributed by atoms with Gasteiger partial charge in [-0.3, -0.25) is 4.79 Å². The van der Waals surface area contributed by atoms with Crippen LogP contribution in [0.5, 0.6) is 0 Å². The molecule has 0 radical (unpaired) electrons. The van der Waals surface area contributed by atoms with Gasteiger partial charge in [0.15, 0.2) is 16.6 Å². The van der Waals surface area contributed by atoms with Gasteiger partial charge in [-0.1, -0.05) is 17.4 Å². The van der Waals surface area contributed by atoms with Crippen LogP contribution in [0, 0.1) is 0 Å². The number of piperidine rings is 1. The highest BCUT2D eigenvalue weighted by atomic mass is 32.1. The monoisotopic (exact) mass is 523 g/mol. The zero-order valence-electron chi connectivity index (χ0n) is 21.1. The molecule has 11 heteroatoms. The van der Waals surface area contributed by atoms with Crippen molar-refractivity contribution < 1.29 is 14.6 Å². The van der Waals surface area contributed by atoms with E-state index in [0.29, 0.717) is 55.6 Å². The average Bonchev–Trinajstić information content (AvgIpc) is 3.51. The number of rotatable bonds is 5. The maximum Gasteiger partial charge on any atom is 0.274 e. The van der Waals surface area contributed by atoms with E-state index in [0.717, 1.165) is 54.7 Å². The number of β-amino-alcohol motifs (C(OH)–C–C–N with tert-alkyl or cyclic N) is 1. The van der Waals surface area contributed by atoms with Crippen molar-refractivity contribution in [2.24, 2.45) is 0 Å². The van der Waals surface area contributed by atoms with Gasteiger partial charge in [0, 0.05) is 39.3 Å². The first kappa shape index (κ1) is 24.3. The van der Waals surface area contributed by atoms with Gasteiger partial charge in [-0.05, 0) is 50.8 Å². The molecule has 10 nitrogen and oxygen atoms in total. The quantitative estimate of drug-likeness (QED) is 0.522. The summed E-state index contributed by atoms with van der Waals surface area (Å²) in [6.07, 6.45) is 4.09. The number of anilines is 4. The first-order valence-corrected chi connectivity index (χ1v) is 13.9. The Balaban J connectivity index is 1.30. The van der Waals surface area contributed by atoms with Crippen molar-refractivity contribution in [2.75, 3.05) is 72.5 Å². The molecule has 1 amide bonds. The van der Waals surface area contributed by atoms with E-state index in [1.807, 2.05) is 30.0 Å². The summed E-state index contributed by atoms with van der Waals surface area (Å²) in [6.45, 7) is 7.89. The van der Waals surface area contributed by atoms with Crippen LogP contribution in [0.3, 0.4) is 0 Å². The van der Waals surface area contributed by atoms with Crippen molar-refractivity contribution in [1.29, 1.82) is 0 Å². The topological polar surface area (TPSA) is 107 Å². The summed E-state index contributed by atoms with van der Waals surface area (Å²) >= 11 is 1.60. The number of carbonyl (C=O) groups is 1. The first-order chi connectivity index (χ1) is 17.9. The molecular formula is C26H33N7O3S. The second kappa shape index (κ2) is 10.0. The van der Waals surface area contributed by atoms with Crippen LogP contribution in [0.25, 0.3) is 10.3 Å². The van der Waals surface area contributed by atoms with Crippen LogP contribution in [-0.2, 0) is 4.74 Å². The van der Waals surface area contributed by atoms with Gasteiger partial charge in [-0.15, -0.1) is 0 Å². The molecule has 0 bridgehead atoms. The number of aliphatic hydroxyl groups is 1. The number of hydrogen-bond donors (Lipinski definition) is 2. The zero-order chi connectivity index (χ0) is 25.4. The summed E-state index contributed by atoms with van der Waals surface area (Å²) in [5.41, 5.74) is 1.00. The minimum absolute atomic E-state index is 0.273. The fraction of sp³-hybridized carbons (Fsp3) is 0.538. The van der Waals surface area contributed by atoms with Gasteiger partial charge < -0.3 is 29.9 Å². The predicted molar refractivity (Wildman–Crippen MR) is 146 cm³/mol. The molecule has 3 aromatic rings. The summed E-state index contributed by atoms with van der Waals surface area (Å²) in [6, 6.07) is 7.46. The molecule has 3 aliphatic rings. The van der Waals surface area contributed by atoms with Crippen LogP contribution in [0.15, 0.2) is 24.3 Å². The molecule has 3 saturated heterocycles. The van der Waals surface area contributed by atoms with E-state index in [1.165, 1.54) is 6.42 Å². The van der Waals surface area contributed by atoms with Gasteiger partial charge in [0.1, 0.15) is 11.5 Å². The third-order valence-corrected chi connectivity index (χ3v) is 8.33.